The second kappa shape index (κ2) is 8.16. The van der Waals surface area contributed by atoms with Crippen molar-refractivity contribution < 1.29 is 23.1 Å². The number of imidazole rings is 1. The van der Waals surface area contributed by atoms with Crippen LogP contribution in [-0.4, -0.2) is 21.4 Å². The van der Waals surface area contributed by atoms with Crippen LogP contribution in [-0.2, 0) is 20.7 Å². The molecule has 0 aliphatic rings. The summed E-state index contributed by atoms with van der Waals surface area (Å²) in [6, 6.07) is 13.2. The molecule has 1 heterocycles. The highest BCUT2D eigenvalue weighted by atomic mass is 19.3. The number of alkyl halides is 2. The van der Waals surface area contributed by atoms with Crippen LogP contribution in [0.2, 0.25) is 0 Å². The molecule has 1 N–H and O–H groups in total. The molecule has 0 saturated heterocycles. The number of rotatable bonds is 6. The van der Waals surface area contributed by atoms with Gasteiger partial charge in [0, 0.05) is 12.6 Å². The van der Waals surface area contributed by atoms with Crippen LogP contribution in [0.3, 0.4) is 0 Å². The summed E-state index contributed by atoms with van der Waals surface area (Å²) in [5.41, 5.74) is 1.98. The van der Waals surface area contributed by atoms with E-state index in [0.717, 1.165) is 4.57 Å². The highest BCUT2D eigenvalue weighted by Gasteiger charge is 2.24. The van der Waals surface area contributed by atoms with Gasteiger partial charge in [0.2, 0.25) is 5.91 Å². The van der Waals surface area contributed by atoms with E-state index < -0.39 is 18.6 Å². The van der Waals surface area contributed by atoms with Crippen LogP contribution in [0.25, 0.3) is 11.0 Å². The van der Waals surface area contributed by atoms with Gasteiger partial charge in [-0.05, 0) is 36.8 Å². The number of anilines is 1. The van der Waals surface area contributed by atoms with Gasteiger partial charge in [-0.2, -0.15) is 8.78 Å². The minimum Gasteiger partial charge on any atom is -0.454 e. The molecule has 1 unspecified atom stereocenters. The molecular formula is C20H19F2N3O3. The van der Waals surface area contributed by atoms with Gasteiger partial charge in [-0.15, -0.1) is 0 Å². The van der Waals surface area contributed by atoms with Crippen LogP contribution in [0.4, 0.5) is 14.5 Å². The Morgan fingerprint density at radius 2 is 1.82 bits per heavy atom. The Hall–Kier alpha value is -3.29. The first-order chi connectivity index (χ1) is 13.3. The van der Waals surface area contributed by atoms with E-state index >= 15 is 0 Å². The van der Waals surface area contributed by atoms with Gasteiger partial charge in [0.15, 0.2) is 11.9 Å². The van der Waals surface area contributed by atoms with Gasteiger partial charge in [0.05, 0.1) is 17.5 Å². The van der Waals surface area contributed by atoms with E-state index in [9.17, 15) is 18.4 Å². The maximum Gasteiger partial charge on any atom is 0.320 e. The lowest BCUT2D eigenvalue weighted by molar-refractivity contribution is -0.148. The van der Waals surface area contributed by atoms with E-state index in [0.29, 0.717) is 16.8 Å². The van der Waals surface area contributed by atoms with E-state index in [1.54, 1.807) is 48.5 Å². The fourth-order valence-electron chi connectivity index (χ4n) is 2.92. The average Bonchev–Trinajstić information content (AvgIpc) is 3.03. The van der Waals surface area contributed by atoms with Gasteiger partial charge in [-0.1, -0.05) is 24.3 Å². The van der Waals surface area contributed by atoms with Crippen LogP contribution in [0.5, 0.6) is 0 Å². The number of halogens is 2. The van der Waals surface area contributed by atoms with Crippen molar-refractivity contribution in [3.63, 3.8) is 0 Å². The molecule has 0 bridgehead atoms. The first-order valence-electron chi connectivity index (χ1n) is 8.66. The minimum atomic E-state index is -2.80. The molecule has 1 amide bonds. The molecule has 0 aliphatic carbocycles. The summed E-state index contributed by atoms with van der Waals surface area (Å²) in [6.07, 6.45) is -0.966. The molecule has 0 aliphatic heterocycles. The molecule has 146 valence electrons. The molecular weight excluding hydrogens is 368 g/mol. The molecule has 1 aromatic heterocycles. The predicted molar refractivity (Wildman–Crippen MR) is 99.9 cm³/mol. The van der Waals surface area contributed by atoms with Crippen molar-refractivity contribution in [2.75, 3.05) is 5.32 Å². The number of hydrogen-bond acceptors (Lipinski definition) is 4. The van der Waals surface area contributed by atoms with Crippen LogP contribution in [0, 0.1) is 0 Å². The number of aromatic nitrogens is 2. The summed E-state index contributed by atoms with van der Waals surface area (Å²) < 4.78 is 33.1. The lowest BCUT2D eigenvalue weighted by Crippen LogP contribution is -2.16. The van der Waals surface area contributed by atoms with Crippen molar-refractivity contribution in [3.8, 4) is 0 Å². The molecule has 28 heavy (non-hydrogen) atoms. The lowest BCUT2D eigenvalue weighted by atomic mass is 10.1. The van der Waals surface area contributed by atoms with E-state index in [1.807, 2.05) is 0 Å². The molecule has 1 atom stereocenters. The van der Waals surface area contributed by atoms with Crippen molar-refractivity contribution in [1.82, 2.24) is 9.55 Å². The number of nitrogens with one attached hydrogen (secondary N) is 1. The maximum atomic E-state index is 13.5. The summed E-state index contributed by atoms with van der Waals surface area (Å²) in [7, 11) is 0. The lowest BCUT2D eigenvalue weighted by Gasteiger charge is -2.15. The highest BCUT2D eigenvalue weighted by Crippen LogP contribution is 2.28. The van der Waals surface area contributed by atoms with E-state index in [2.05, 4.69) is 10.3 Å². The summed E-state index contributed by atoms with van der Waals surface area (Å²) in [6.45, 7) is 0.113. The van der Waals surface area contributed by atoms with Crippen molar-refractivity contribution in [2.45, 2.75) is 32.9 Å². The number of carbonyl (C=O) groups is 2. The van der Waals surface area contributed by atoms with Crippen molar-refractivity contribution >= 4 is 28.6 Å². The molecule has 0 spiro atoms. The predicted octanol–water partition coefficient (Wildman–Crippen LogP) is 4.24. The summed E-state index contributed by atoms with van der Waals surface area (Å²) in [4.78, 5) is 27.5. The standard InChI is InChI=1S/C20H19F2N3O3/c1-12(19-24-16-5-3-4-6-17(16)25(19)20(21)22)28-18(27)11-14-7-9-15(10-8-14)23-13(2)26/h3-10,12,20H,11H2,1-2H3,(H,23,26). The second-order valence-corrected chi connectivity index (χ2v) is 6.29. The number of esters is 1. The Morgan fingerprint density at radius 1 is 1.14 bits per heavy atom. The summed E-state index contributed by atoms with van der Waals surface area (Å²) in [5.74, 6) is -0.763. The number of para-hydroxylation sites is 2. The number of hydrogen-bond donors (Lipinski definition) is 1. The molecule has 3 rings (SSSR count). The largest absolute Gasteiger partial charge is 0.454 e. The quantitative estimate of drug-likeness (QED) is 0.642. The molecule has 8 heteroatoms. The number of benzene rings is 2. The first-order valence-corrected chi connectivity index (χ1v) is 8.66. The number of carbonyl (C=O) groups excluding carboxylic acids is 2. The second-order valence-electron chi connectivity index (χ2n) is 6.29. The Kier molecular flexibility index (Phi) is 5.67. The van der Waals surface area contributed by atoms with Gasteiger partial charge >= 0.3 is 12.5 Å². The van der Waals surface area contributed by atoms with Gasteiger partial charge in [-0.25, -0.2) is 4.98 Å². The third-order valence-electron chi connectivity index (χ3n) is 4.11. The molecule has 0 fully saturated rings. The molecule has 6 nitrogen and oxygen atoms in total. The summed E-state index contributed by atoms with van der Waals surface area (Å²) in [5, 5.41) is 2.63. The fraction of sp³-hybridized carbons (Fsp3) is 0.250. The molecule has 2 aromatic carbocycles. The topological polar surface area (TPSA) is 73.2 Å². The number of amides is 1. The van der Waals surface area contributed by atoms with Gasteiger partial charge in [0.25, 0.3) is 0 Å². The molecule has 3 aromatic rings. The van der Waals surface area contributed by atoms with Crippen molar-refractivity contribution in [3.05, 3.63) is 59.9 Å². The van der Waals surface area contributed by atoms with Crippen LogP contribution in [0.1, 0.15) is 37.9 Å². The van der Waals surface area contributed by atoms with Gasteiger partial charge in [0.1, 0.15) is 0 Å². The zero-order chi connectivity index (χ0) is 20.3. The Balaban J connectivity index is 1.71. The van der Waals surface area contributed by atoms with Crippen molar-refractivity contribution in [2.24, 2.45) is 0 Å². The fourth-order valence-corrected chi connectivity index (χ4v) is 2.92. The zero-order valence-electron chi connectivity index (χ0n) is 15.4. The first kappa shape index (κ1) is 19.5. The Labute approximate surface area is 160 Å². The minimum absolute atomic E-state index is 0.00874. The van der Waals surface area contributed by atoms with Crippen LogP contribution < -0.4 is 5.32 Å². The maximum absolute atomic E-state index is 13.5. The molecule has 0 radical (unpaired) electrons. The smallest absolute Gasteiger partial charge is 0.320 e. The molecule has 0 saturated carbocycles. The average molecular weight is 387 g/mol. The normalized spacial score (nSPS) is 12.2. The highest BCUT2D eigenvalue weighted by molar-refractivity contribution is 5.88. The van der Waals surface area contributed by atoms with Gasteiger partial charge in [-0.3, -0.25) is 14.2 Å². The number of nitrogens with zero attached hydrogens (tertiary/aromatic N) is 2. The SMILES string of the molecule is CC(=O)Nc1ccc(CC(=O)OC(C)c2nc3ccccc3n2C(F)F)cc1. The zero-order valence-corrected chi connectivity index (χ0v) is 15.4. The third kappa shape index (κ3) is 4.33. The van der Waals surface area contributed by atoms with E-state index in [-0.39, 0.29) is 23.7 Å². The van der Waals surface area contributed by atoms with E-state index in [4.69, 9.17) is 4.74 Å². The Bertz CT molecular complexity index is 1000. The number of fused-ring (bicyclic) bond motifs is 1. The Morgan fingerprint density at radius 3 is 2.46 bits per heavy atom. The summed E-state index contributed by atoms with van der Waals surface area (Å²) >= 11 is 0. The van der Waals surface area contributed by atoms with Crippen LogP contribution in [0.15, 0.2) is 48.5 Å². The number of ether oxygens (including phenoxy) is 1. The van der Waals surface area contributed by atoms with Crippen LogP contribution >= 0.6 is 0 Å². The monoisotopic (exact) mass is 387 g/mol. The van der Waals surface area contributed by atoms with Crippen molar-refractivity contribution in [1.29, 1.82) is 0 Å². The third-order valence-corrected chi connectivity index (χ3v) is 4.11. The van der Waals surface area contributed by atoms with E-state index in [1.165, 1.54) is 13.8 Å². The van der Waals surface area contributed by atoms with Gasteiger partial charge < -0.3 is 10.1 Å².